The summed E-state index contributed by atoms with van der Waals surface area (Å²) >= 11 is 5.89. The summed E-state index contributed by atoms with van der Waals surface area (Å²) in [5.74, 6) is -1.07. The van der Waals surface area contributed by atoms with Crippen LogP contribution in [0.1, 0.15) is 16.1 Å². The third kappa shape index (κ3) is 2.27. The number of halogens is 1. The van der Waals surface area contributed by atoms with E-state index in [1.54, 1.807) is 17.7 Å². The van der Waals surface area contributed by atoms with E-state index in [4.69, 9.17) is 11.6 Å². The number of benzene rings is 2. The van der Waals surface area contributed by atoms with Gasteiger partial charge in [0, 0.05) is 28.7 Å². The van der Waals surface area contributed by atoms with Crippen LogP contribution in [0.4, 0.5) is 0 Å². The molecule has 1 aliphatic carbocycles. The molecule has 0 atom stereocenters. The fraction of sp³-hybridized carbons (Fsp3) is 0.0588. The van der Waals surface area contributed by atoms with Crippen LogP contribution in [0.3, 0.4) is 0 Å². The van der Waals surface area contributed by atoms with Gasteiger partial charge >= 0.3 is 5.97 Å². The third-order valence-corrected chi connectivity index (χ3v) is 3.91. The van der Waals surface area contributed by atoms with Crippen molar-refractivity contribution in [1.82, 2.24) is 4.57 Å². The van der Waals surface area contributed by atoms with Gasteiger partial charge in [0.15, 0.2) is 5.43 Å². The number of carbonyl (C=O) groups is 1. The number of aromatic nitrogens is 1. The summed E-state index contributed by atoms with van der Waals surface area (Å²) in [6, 6.07) is 12.2. The van der Waals surface area contributed by atoms with Crippen LogP contribution < -0.4 is 5.43 Å². The number of nitrogens with zero attached hydrogens (tertiary/aromatic N) is 1. The second-order valence-corrected chi connectivity index (χ2v) is 5.38. The number of rotatable bonds is 2. The molecule has 0 saturated heterocycles. The number of carboxylic acids is 1. The first-order chi connectivity index (χ1) is 10.5. The van der Waals surface area contributed by atoms with Gasteiger partial charge < -0.3 is 9.67 Å². The van der Waals surface area contributed by atoms with Crippen molar-refractivity contribution < 1.29 is 9.90 Å². The number of carboxylic acid groups (broad SMARTS) is 1. The average molecular weight is 314 g/mol. The van der Waals surface area contributed by atoms with Crippen molar-refractivity contribution in [2.24, 2.45) is 0 Å². The van der Waals surface area contributed by atoms with E-state index in [0.717, 1.165) is 5.69 Å². The van der Waals surface area contributed by atoms with Crippen molar-refractivity contribution in [3.05, 3.63) is 75.2 Å². The molecule has 0 unspecified atom stereocenters. The van der Waals surface area contributed by atoms with E-state index in [1.807, 2.05) is 30.3 Å². The van der Waals surface area contributed by atoms with E-state index in [1.165, 1.54) is 12.1 Å². The summed E-state index contributed by atoms with van der Waals surface area (Å²) in [4.78, 5) is 23.4. The Hall–Kier alpha value is -2.59. The fourth-order valence-corrected chi connectivity index (χ4v) is 2.74. The Bertz CT molecular complexity index is 900. The zero-order valence-corrected chi connectivity index (χ0v) is 12.5. The predicted molar refractivity (Wildman–Crippen MR) is 85.4 cm³/mol. The number of hydrogen-bond acceptors (Lipinski definition) is 2. The Balaban J connectivity index is 2.44. The van der Waals surface area contributed by atoms with Crippen molar-refractivity contribution in [1.29, 1.82) is 0 Å². The average Bonchev–Trinajstić information content (AvgIpc) is 2.49. The third-order valence-electron chi connectivity index (χ3n) is 3.61. The second-order valence-electron chi connectivity index (χ2n) is 4.97. The highest BCUT2D eigenvalue weighted by Crippen LogP contribution is 2.30. The molecule has 1 heterocycles. The maximum Gasteiger partial charge on any atom is 0.338 e. The molecule has 3 rings (SSSR count). The van der Waals surface area contributed by atoms with Gasteiger partial charge in [0.1, 0.15) is 0 Å². The van der Waals surface area contributed by atoms with Crippen LogP contribution in [0.15, 0.2) is 53.5 Å². The van der Waals surface area contributed by atoms with Gasteiger partial charge in [0.05, 0.1) is 10.6 Å². The smallest absolute Gasteiger partial charge is 0.338 e. The summed E-state index contributed by atoms with van der Waals surface area (Å²) in [5, 5.41) is 9.62. The first-order valence-corrected chi connectivity index (χ1v) is 7.01. The van der Waals surface area contributed by atoms with Crippen LogP contribution in [0.5, 0.6) is 0 Å². The van der Waals surface area contributed by atoms with E-state index < -0.39 is 5.97 Å². The van der Waals surface area contributed by atoms with E-state index in [-0.39, 0.29) is 16.0 Å². The Morgan fingerprint density at radius 2 is 1.86 bits per heavy atom. The lowest BCUT2D eigenvalue weighted by molar-refractivity contribution is 0.0696. The molecule has 4 nitrogen and oxygen atoms in total. The highest BCUT2D eigenvalue weighted by atomic mass is 35.5. The van der Waals surface area contributed by atoms with E-state index in [0.29, 0.717) is 16.8 Å². The van der Waals surface area contributed by atoms with Gasteiger partial charge in [-0.15, -0.1) is 0 Å². The van der Waals surface area contributed by atoms with Gasteiger partial charge in [0.25, 0.3) is 0 Å². The molecule has 0 fully saturated rings. The first kappa shape index (κ1) is 14.4. The van der Waals surface area contributed by atoms with Crippen LogP contribution in [0.25, 0.3) is 16.8 Å². The number of pyridine rings is 1. The molecule has 0 spiro atoms. The summed E-state index contributed by atoms with van der Waals surface area (Å²) in [7, 11) is 0. The van der Waals surface area contributed by atoms with Crippen LogP contribution in [-0.4, -0.2) is 15.6 Å². The number of para-hydroxylation sites is 1. The van der Waals surface area contributed by atoms with Crippen LogP contribution in [0, 0.1) is 6.92 Å². The predicted octanol–water partition coefficient (Wildman–Crippen LogP) is 3.60. The Labute approximate surface area is 131 Å². The summed E-state index contributed by atoms with van der Waals surface area (Å²) in [5.41, 5.74) is 2.12. The molecule has 1 aromatic rings. The van der Waals surface area contributed by atoms with Gasteiger partial charge in [-0.05, 0) is 31.2 Å². The minimum absolute atomic E-state index is 0.0762. The minimum Gasteiger partial charge on any atom is -0.478 e. The zero-order valence-electron chi connectivity index (χ0n) is 11.7. The lowest BCUT2D eigenvalue weighted by atomic mass is 9.97. The van der Waals surface area contributed by atoms with Gasteiger partial charge in [0.2, 0.25) is 0 Å². The van der Waals surface area contributed by atoms with Gasteiger partial charge in [-0.3, -0.25) is 4.79 Å². The lowest BCUT2D eigenvalue weighted by Gasteiger charge is -2.19. The van der Waals surface area contributed by atoms with Crippen molar-refractivity contribution in [2.45, 2.75) is 6.92 Å². The Morgan fingerprint density at radius 3 is 2.50 bits per heavy atom. The number of aromatic carboxylic acids is 1. The van der Waals surface area contributed by atoms with Crippen LogP contribution in [-0.2, 0) is 0 Å². The summed E-state index contributed by atoms with van der Waals surface area (Å²) in [6.07, 6.45) is 1.79. The molecule has 2 aliphatic rings. The molecule has 1 aromatic carbocycles. The van der Waals surface area contributed by atoms with E-state index in [9.17, 15) is 14.7 Å². The van der Waals surface area contributed by atoms with Crippen molar-refractivity contribution in [3.8, 4) is 16.8 Å². The lowest BCUT2D eigenvalue weighted by Crippen LogP contribution is -2.14. The minimum atomic E-state index is -1.07. The SMILES string of the molecule is Cc1c(C(=O)O)c2cc(=O)c(Cl)cc-2cn1-c1ccccc1. The quantitative estimate of drug-likeness (QED) is 0.786. The van der Waals surface area contributed by atoms with Crippen LogP contribution >= 0.6 is 11.6 Å². The Morgan fingerprint density at radius 1 is 1.18 bits per heavy atom. The highest BCUT2D eigenvalue weighted by molar-refractivity contribution is 6.31. The molecule has 0 saturated carbocycles. The van der Waals surface area contributed by atoms with Crippen molar-refractivity contribution in [2.75, 3.05) is 0 Å². The Kier molecular flexibility index (Phi) is 3.47. The van der Waals surface area contributed by atoms with Crippen molar-refractivity contribution in [3.63, 3.8) is 0 Å². The highest BCUT2D eigenvalue weighted by Gasteiger charge is 2.21. The largest absolute Gasteiger partial charge is 0.478 e. The summed E-state index contributed by atoms with van der Waals surface area (Å²) in [6.45, 7) is 1.72. The molecule has 1 aliphatic heterocycles. The molecule has 0 amide bonds. The number of hydrogen-bond donors (Lipinski definition) is 1. The molecule has 0 aromatic heterocycles. The maximum absolute atomic E-state index is 11.7. The van der Waals surface area contributed by atoms with E-state index >= 15 is 0 Å². The van der Waals surface area contributed by atoms with Gasteiger partial charge in [-0.1, -0.05) is 29.8 Å². The second kappa shape index (κ2) is 5.31. The fourth-order valence-electron chi connectivity index (χ4n) is 2.57. The summed E-state index contributed by atoms with van der Waals surface area (Å²) < 4.78 is 1.78. The van der Waals surface area contributed by atoms with E-state index in [2.05, 4.69) is 0 Å². The standard InChI is InChI=1S/C17H12ClNO3/c1-10-16(17(21)22)13-8-15(20)14(18)7-11(13)9-19(10)12-5-3-2-4-6-12/h2-9H,1H3,(H,21,22). The van der Waals surface area contributed by atoms with Gasteiger partial charge in [-0.2, -0.15) is 0 Å². The molecular weight excluding hydrogens is 302 g/mol. The van der Waals surface area contributed by atoms with Crippen molar-refractivity contribution >= 4 is 17.6 Å². The molecule has 0 radical (unpaired) electrons. The van der Waals surface area contributed by atoms with Crippen LogP contribution in [0.2, 0.25) is 5.02 Å². The van der Waals surface area contributed by atoms with Gasteiger partial charge in [-0.25, -0.2) is 4.79 Å². The monoisotopic (exact) mass is 313 g/mol. The first-order valence-electron chi connectivity index (χ1n) is 6.63. The zero-order chi connectivity index (χ0) is 15.9. The normalized spacial score (nSPS) is 10.8. The molecule has 1 N–H and O–H groups in total. The molecule has 22 heavy (non-hydrogen) atoms. The molecule has 110 valence electrons. The number of fused-ring (bicyclic) bond motifs is 1. The maximum atomic E-state index is 11.7. The topological polar surface area (TPSA) is 59.3 Å². The molecular formula is C17H12ClNO3. The molecule has 0 bridgehead atoms. The molecule has 5 heteroatoms.